The van der Waals surface area contributed by atoms with E-state index >= 15 is 0 Å². The first-order valence-electron chi connectivity index (χ1n) is 8.05. The fourth-order valence-corrected chi connectivity index (χ4v) is 3.04. The van der Waals surface area contributed by atoms with Gasteiger partial charge in [-0.25, -0.2) is 0 Å². The number of halogens is 2. The van der Waals surface area contributed by atoms with Gasteiger partial charge in [-0.2, -0.15) is 0 Å². The Kier molecular flexibility index (Phi) is 7.09. The van der Waals surface area contributed by atoms with Gasteiger partial charge >= 0.3 is 5.97 Å². The number of esters is 1. The molecule has 0 aliphatic rings. The first-order valence-corrected chi connectivity index (χ1v) is 9.22. The van der Waals surface area contributed by atoms with Gasteiger partial charge in [-0.05, 0) is 41.8 Å². The van der Waals surface area contributed by atoms with Crippen molar-refractivity contribution in [3.05, 3.63) is 63.1 Å². The average Bonchev–Trinajstić information content (AvgIpc) is 2.61. The molecule has 0 radical (unpaired) electrons. The third kappa shape index (κ3) is 4.86. The van der Waals surface area contributed by atoms with Crippen LogP contribution in [0, 0.1) is 0 Å². The van der Waals surface area contributed by atoms with E-state index in [-0.39, 0.29) is 12.6 Å². The number of hydrogen-bond acceptors (Lipinski definition) is 3. The highest BCUT2D eigenvalue weighted by atomic mass is 79.9. The Morgan fingerprint density at radius 3 is 2.68 bits per heavy atom. The number of aryl methyl sites for hydroxylation is 1. The van der Waals surface area contributed by atoms with Crippen LogP contribution in [-0.2, 0) is 17.8 Å². The summed E-state index contributed by atoms with van der Waals surface area (Å²) in [5, 5.41) is 0.543. The molecule has 0 unspecified atom stereocenters. The van der Waals surface area contributed by atoms with E-state index in [2.05, 4.69) is 29.4 Å². The second kappa shape index (κ2) is 9.07. The molecule has 2 aromatic rings. The van der Waals surface area contributed by atoms with Crippen LogP contribution in [0.15, 0.2) is 41.4 Å². The molecule has 0 N–H and O–H groups in total. The molecule has 2 aromatic carbocycles. The molecule has 0 aromatic heterocycles. The summed E-state index contributed by atoms with van der Waals surface area (Å²) in [7, 11) is 0. The van der Waals surface area contributed by atoms with E-state index in [1.54, 1.807) is 19.1 Å². The molecule has 0 atom stereocenters. The van der Waals surface area contributed by atoms with Gasteiger partial charge in [-0.1, -0.05) is 60.1 Å². The first kappa shape index (κ1) is 19.5. The minimum Gasteiger partial charge on any atom is -0.487 e. The maximum absolute atomic E-state index is 11.6. The van der Waals surface area contributed by atoms with Crippen molar-refractivity contribution in [1.29, 1.82) is 0 Å². The zero-order chi connectivity index (χ0) is 18.4. The zero-order valence-corrected chi connectivity index (χ0v) is 16.6. The van der Waals surface area contributed by atoms with Crippen LogP contribution in [0.5, 0.6) is 11.5 Å². The lowest BCUT2D eigenvalue weighted by molar-refractivity contribution is -0.134. The molecule has 25 heavy (non-hydrogen) atoms. The molecule has 3 nitrogen and oxygen atoms in total. The lowest BCUT2D eigenvalue weighted by Gasteiger charge is -2.15. The summed E-state index contributed by atoms with van der Waals surface area (Å²) in [4.78, 5) is 11.6. The van der Waals surface area contributed by atoms with Crippen LogP contribution in [0.3, 0.4) is 0 Å². The second-order valence-corrected chi connectivity index (χ2v) is 6.63. The number of carbonyl (C=O) groups is 1. The molecule has 0 bridgehead atoms. The molecule has 132 valence electrons. The lowest BCUT2D eigenvalue weighted by Crippen LogP contribution is -2.09. The Morgan fingerprint density at radius 2 is 2.04 bits per heavy atom. The lowest BCUT2D eigenvalue weighted by atomic mass is 10.0. The van der Waals surface area contributed by atoms with Gasteiger partial charge in [-0.3, -0.25) is 4.79 Å². The van der Waals surface area contributed by atoms with Crippen LogP contribution in [0.1, 0.15) is 37.0 Å². The van der Waals surface area contributed by atoms with Gasteiger partial charge in [0, 0.05) is 16.5 Å². The fourth-order valence-electron chi connectivity index (χ4n) is 2.34. The molecule has 0 saturated heterocycles. The minimum atomic E-state index is -0.293. The van der Waals surface area contributed by atoms with Crippen molar-refractivity contribution in [1.82, 2.24) is 0 Å². The molecule has 0 saturated carbocycles. The van der Waals surface area contributed by atoms with Gasteiger partial charge < -0.3 is 9.47 Å². The summed E-state index contributed by atoms with van der Waals surface area (Å²) in [6.45, 7) is 7.87. The quantitative estimate of drug-likeness (QED) is 0.393. The minimum absolute atomic E-state index is 0.218. The molecule has 0 amide bonds. The number of rotatable bonds is 7. The summed E-state index contributed by atoms with van der Waals surface area (Å²) < 4.78 is 12.1. The van der Waals surface area contributed by atoms with Gasteiger partial charge in [0.15, 0.2) is 0 Å². The van der Waals surface area contributed by atoms with E-state index in [9.17, 15) is 4.79 Å². The molecule has 0 fully saturated rings. The van der Waals surface area contributed by atoms with Crippen LogP contribution >= 0.6 is 27.5 Å². The smallest absolute Gasteiger partial charge is 0.310 e. The number of carbonyl (C=O) groups excluding carboxylic acids is 1. The van der Waals surface area contributed by atoms with E-state index < -0.39 is 0 Å². The van der Waals surface area contributed by atoms with E-state index in [0.29, 0.717) is 22.9 Å². The van der Waals surface area contributed by atoms with Crippen molar-refractivity contribution in [2.75, 3.05) is 0 Å². The summed E-state index contributed by atoms with van der Waals surface area (Å²) in [6.07, 6.45) is 2.96. The van der Waals surface area contributed by atoms with Crippen molar-refractivity contribution in [3.8, 4) is 11.5 Å². The largest absolute Gasteiger partial charge is 0.487 e. The zero-order valence-electron chi connectivity index (χ0n) is 14.3. The van der Waals surface area contributed by atoms with Crippen LogP contribution in [0.2, 0.25) is 5.02 Å². The van der Waals surface area contributed by atoms with Crippen molar-refractivity contribution < 1.29 is 14.3 Å². The monoisotopic (exact) mass is 422 g/mol. The van der Waals surface area contributed by atoms with Gasteiger partial charge in [0.05, 0.1) is 5.02 Å². The Labute approximate surface area is 161 Å². The summed E-state index contributed by atoms with van der Waals surface area (Å²) in [5.41, 5.74) is 2.86. The molecule has 2 rings (SSSR count). The molecule has 5 heteroatoms. The number of benzene rings is 2. The van der Waals surface area contributed by atoms with Crippen LogP contribution in [0.4, 0.5) is 0 Å². The van der Waals surface area contributed by atoms with Crippen LogP contribution in [0.25, 0.3) is 6.08 Å². The summed E-state index contributed by atoms with van der Waals surface area (Å²) >= 11 is 9.81. The van der Waals surface area contributed by atoms with E-state index in [1.165, 1.54) is 0 Å². The average molecular weight is 424 g/mol. The van der Waals surface area contributed by atoms with Crippen molar-refractivity contribution in [3.63, 3.8) is 0 Å². The van der Waals surface area contributed by atoms with Crippen molar-refractivity contribution >= 4 is 39.6 Å². The normalized spacial score (nSPS) is 10.4. The molecule has 0 aliphatic heterocycles. The molecule has 0 heterocycles. The maximum Gasteiger partial charge on any atom is 0.310 e. The fraction of sp³-hybridized carbons (Fsp3) is 0.250. The summed E-state index contributed by atoms with van der Waals surface area (Å²) in [6, 6.07) is 9.20. The Morgan fingerprint density at radius 1 is 1.28 bits per heavy atom. The SMILES string of the molecule is C=Cc1cc(OCc2c(Br)cccc2OC(=O)CC)c(Cl)cc1CC. The molecular formula is C20H20BrClO3. The second-order valence-electron chi connectivity index (χ2n) is 5.37. The molecule has 0 aliphatic carbocycles. The van der Waals surface area contributed by atoms with Gasteiger partial charge in [-0.15, -0.1) is 0 Å². The maximum atomic E-state index is 11.6. The van der Waals surface area contributed by atoms with Gasteiger partial charge in [0.25, 0.3) is 0 Å². The molecule has 0 spiro atoms. The van der Waals surface area contributed by atoms with Crippen molar-refractivity contribution in [2.45, 2.75) is 33.3 Å². The van der Waals surface area contributed by atoms with E-state index in [0.717, 1.165) is 27.6 Å². The number of ether oxygens (including phenoxy) is 2. The van der Waals surface area contributed by atoms with Gasteiger partial charge in [0.1, 0.15) is 18.1 Å². The third-order valence-electron chi connectivity index (χ3n) is 3.75. The van der Waals surface area contributed by atoms with E-state index in [4.69, 9.17) is 21.1 Å². The highest BCUT2D eigenvalue weighted by Gasteiger charge is 2.14. The van der Waals surface area contributed by atoms with E-state index in [1.807, 2.05) is 24.3 Å². The number of hydrogen-bond donors (Lipinski definition) is 0. The van der Waals surface area contributed by atoms with Crippen LogP contribution < -0.4 is 9.47 Å². The summed E-state index contributed by atoms with van der Waals surface area (Å²) in [5.74, 6) is 0.752. The highest BCUT2D eigenvalue weighted by Crippen LogP contribution is 2.33. The van der Waals surface area contributed by atoms with Crippen LogP contribution in [-0.4, -0.2) is 5.97 Å². The Balaban J connectivity index is 2.27. The van der Waals surface area contributed by atoms with Gasteiger partial charge in [0.2, 0.25) is 0 Å². The predicted octanol–water partition coefficient (Wildman–Crippen LogP) is 6.20. The van der Waals surface area contributed by atoms with Crippen molar-refractivity contribution in [2.24, 2.45) is 0 Å². The predicted molar refractivity (Wildman–Crippen MR) is 105 cm³/mol. The topological polar surface area (TPSA) is 35.5 Å². The third-order valence-corrected chi connectivity index (χ3v) is 4.79. The Hall–Kier alpha value is -1.78. The Bertz CT molecular complexity index is 787. The first-order chi connectivity index (χ1) is 12.0. The highest BCUT2D eigenvalue weighted by molar-refractivity contribution is 9.10. The standard InChI is InChI=1S/C20H20BrClO3/c1-4-13-10-17(22)19(11-14(13)5-2)24-12-15-16(21)8-7-9-18(15)25-20(23)6-3/h5,7-11H,2,4,6,12H2,1,3H3. The molecular weight excluding hydrogens is 404 g/mol.